The fourth-order valence-electron chi connectivity index (χ4n) is 2.70. The van der Waals surface area contributed by atoms with Gasteiger partial charge in [0.05, 0.1) is 7.11 Å². The van der Waals surface area contributed by atoms with E-state index in [2.05, 4.69) is 38.3 Å². The van der Waals surface area contributed by atoms with E-state index in [-0.39, 0.29) is 6.03 Å². The summed E-state index contributed by atoms with van der Waals surface area (Å²) in [6, 6.07) is 15.6. The van der Waals surface area contributed by atoms with Gasteiger partial charge >= 0.3 is 6.03 Å². The van der Waals surface area contributed by atoms with Gasteiger partial charge in [-0.05, 0) is 48.5 Å². The number of nitrogens with zero attached hydrogens (tertiary/aromatic N) is 2. The van der Waals surface area contributed by atoms with Crippen LogP contribution in [0.15, 0.2) is 53.0 Å². The van der Waals surface area contributed by atoms with Crippen molar-refractivity contribution in [3.05, 3.63) is 53.0 Å². The van der Waals surface area contributed by atoms with Crippen molar-refractivity contribution in [2.45, 2.75) is 0 Å². The quantitative estimate of drug-likeness (QED) is 0.867. The van der Waals surface area contributed by atoms with Gasteiger partial charge in [0.2, 0.25) is 0 Å². The van der Waals surface area contributed by atoms with Crippen LogP contribution in [0.1, 0.15) is 0 Å². The van der Waals surface area contributed by atoms with Crippen LogP contribution in [-0.4, -0.2) is 44.2 Å². The van der Waals surface area contributed by atoms with Gasteiger partial charge in [-0.1, -0.05) is 15.9 Å². The topological polar surface area (TPSA) is 44.8 Å². The molecule has 1 N–H and O–H groups in total. The standard InChI is InChI=1S/C18H20BrN3O2/c1-24-17-8-6-16(7-9-17)21-10-12-22(13-11-21)18(23)20-15-4-2-14(19)3-5-15/h2-9H,10-13H2,1H3,(H,20,23). The maximum atomic E-state index is 12.3. The first-order valence-corrected chi connectivity index (χ1v) is 8.65. The summed E-state index contributed by atoms with van der Waals surface area (Å²) >= 11 is 3.39. The van der Waals surface area contributed by atoms with Crippen molar-refractivity contribution in [1.82, 2.24) is 4.90 Å². The zero-order valence-electron chi connectivity index (χ0n) is 13.5. The van der Waals surface area contributed by atoms with Crippen LogP contribution in [0, 0.1) is 0 Å². The lowest BCUT2D eigenvalue weighted by atomic mass is 10.2. The number of hydrogen-bond donors (Lipinski definition) is 1. The van der Waals surface area contributed by atoms with Crippen molar-refractivity contribution in [3.8, 4) is 5.75 Å². The molecule has 6 heteroatoms. The summed E-state index contributed by atoms with van der Waals surface area (Å²) in [5.41, 5.74) is 1.96. The van der Waals surface area contributed by atoms with Crippen LogP contribution in [0.2, 0.25) is 0 Å². The Kier molecular flexibility index (Phi) is 5.25. The normalized spacial score (nSPS) is 14.4. The molecule has 3 rings (SSSR count). The Labute approximate surface area is 150 Å². The molecule has 1 aliphatic rings. The summed E-state index contributed by atoms with van der Waals surface area (Å²) in [6.07, 6.45) is 0. The average molecular weight is 390 g/mol. The highest BCUT2D eigenvalue weighted by Crippen LogP contribution is 2.21. The number of hydrogen-bond acceptors (Lipinski definition) is 3. The molecule has 1 aliphatic heterocycles. The highest BCUT2D eigenvalue weighted by molar-refractivity contribution is 9.10. The third-order valence-corrected chi connectivity index (χ3v) is 4.63. The molecule has 0 aliphatic carbocycles. The third kappa shape index (κ3) is 4.00. The van der Waals surface area contributed by atoms with Gasteiger partial charge < -0.3 is 19.9 Å². The lowest BCUT2D eigenvalue weighted by Crippen LogP contribution is -2.50. The van der Waals surface area contributed by atoms with E-state index in [4.69, 9.17) is 4.74 Å². The highest BCUT2D eigenvalue weighted by Gasteiger charge is 2.21. The summed E-state index contributed by atoms with van der Waals surface area (Å²) in [7, 11) is 1.66. The number of carbonyl (C=O) groups is 1. The largest absolute Gasteiger partial charge is 0.497 e. The monoisotopic (exact) mass is 389 g/mol. The first-order chi connectivity index (χ1) is 11.7. The zero-order valence-corrected chi connectivity index (χ0v) is 15.1. The summed E-state index contributed by atoms with van der Waals surface area (Å²) in [5.74, 6) is 0.853. The Balaban J connectivity index is 1.54. The maximum Gasteiger partial charge on any atom is 0.321 e. The SMILES string of the molecule is COc1ccc(N2CCN(C(=O)Nc3ccc(Br)cc3)CC2)cc1. The van der Waals surface area contributed by atoms with Crippen molar-refractivity contribution >= 4 is 33.3 Å². The smallest absolute Gasteiger partial charge is 0.321 e. The zero-order chi connectivity index (χ0) is 16.9. The Bertz CT molecular complexity index is 680. The highest BCUT2D eigenvalue weighted by atomic mass is 79.9. The Morgan fingerprint density at radius 3 is 2.21 bits per heavy atom. The van der Waals surface area contributed by atoms with Crippen molar-refractivity contribution < 1.29 is 9.53 Å². The number of nitrogens with one attached hydrogen (secondary N) is 1. The molecule has 2 aromatic rings. The molecule has 126 valence electrons. The van der Waals surface area contributed by atoms with E-state index in [1.807, 2.05) is 41.3 Å². The summed E-state index contributed by atoms with van der Waals surface area (Å²) in [4.78, 5) is 16.5. The fourth-order valence-corrected chi connectivity index (χ4v) is 2.96. The molecule has 0 spiro atoms. The number of benzene rings is 2. The van der Waals surface area contributed by atoms with E-state index in [0.29, 0.717) is 13.1 Å². The number of piperazine rings is 1. The van der Waals surface area contributed by atoms with Crippen LogP contribution < -0.4 is 15.0 Å². The summed E-state index contributed by atoms with van der Waals surface area (Å²) in [6.45, 7) is 3.04. The van der Waals surface area contributed by atoms with Crippen LogP contribution in [0.3, 0.4) is 0 Å². The van der Waals surface area contributed by atoms with Gasteiger partial charge in [-0.15, -0.1) is 0 Å². The minimum absolute atomic E-state index is 0.0493. The molecule has 0 saturated carbocycles. The number of ether oxygens (including phenoxy) is 1. The van der Waals surface area contributed by atoms with Crippen molar-refractivity contribution in [2.24, 2.45) is 0 Å². The molecule has 1 heterocycles. The molecule has 5 nitrogen and oxygen atoms in total. The molecule has 2 aromatic carbocycles. The predicted octanol–water partition coefficient (Wildman–Crippen LogP) is 3.81. The number of urea groups is 1. The molecular weight excluding hydrogens is 370 g/mol. The summed E-state index contributed by atoms with van der Waals surface area (Å²) in [5, 5.41) is 2.94. The Morgan fingerprint density at radius 1 is 1.00 bits per heavy atom. The fraction of sp³-hybridized carbons (Fsp3) is 0.278. The molecule has 1 fully saturated rings. The van der Waals surface area contributed by atoms with Crippen LogP contribution in [-0.2, 0) is 0 Å². The minimum atomic E-state index is -0.0493. The Morgan fingerprint density at radius 2 is 1.62 bits per heavy atom. The number of amides is 2. The van der Waals surface area contributed by atoms with Crippen LogP contribution in [0.5, 0.6) is 5.75 Å². The first-order valence-electron chi connectivity index (χ1n) is 7.86. The number of carbonyl (C=O) groups excluding carboxylic acids is 1. The lowest BCUT2D eigenvalue weighted by molar-refractivity contribution is 0.208. The van der Waals surface area contributed by atoms with Crippen molar-refractivity contribution in [3.63, 3.8) is 0 Å². The van der Waals surface area contributed by atoms with Crippen molar-refractivity contribution in [1.29, 1.82) is 0 Å². The second-order valence-electron chi connectivity index (χ2n) is 5.61. The molecular formula is C18H20BrN3O2. The molecule has 2 amide bonds. The number of methoxy groups -OCH3 is 1. The number of rotatable bonds is 3. The minimum Gasteiger partial charge on any atom is -0.497 e. The van der Waals surface area contributed by atoms with E-state index in [0.717, 1.165) is 34.7 Å². The van der Waals surface area contributed by atoms with Crippen LogP contribution in [0.4, 0.5) is 16.2 Å². The lowest BCUT2D eigenvalue weighted by Gasteiger charge is -2.36. The molecule has 0 bridgehead atoms. The van der Waals surface area contributed by atoms with Gasteiger partial charge in [0.25, 0.3) is 0 Å². The van der Waals surface area contributed by atoms with E-state index in [1.165, 1.54) is 0 Å². The molecule has 0 radical (unpaired) electrons. The van der Waals surface area contributed by atoms with E-state index < -0.39 is 0 Å². The van der Waals surface area contributed by atoms with Gasteiger partial charge in [0.1, 0.15) is 5.75 Å². The van der Waals surface area contributed by atoms with Gasteiger partial charge in [0, 0.05) is 42.0 Å². The van der Waals surface area contributed by atoms with Crippen LogP contribution >= 0.6 is 15.9 Å². The predicted molar refractivity (Wildman–Crippen MR) is 99.9 cm³/mol. The molecule has 0 aromatic heterocycles. The molecule has 24 heavy (non-hydrogen) atoms. The van der Waals surface area contributed by atoms with Crippen molar-refractivity contribution in [2.75, 3.05) is 43.5 Å². The Hall–Kier alpha value is -2.21. The first kappa shape index (κ1) is 16.6. The van der Waals surface area contributed by atoms with Gasteiger partial charge in [0.15, 0.2) is 0 Å². The van der Waals surface area contributed by atoms with E-state index >= 15 is 0 Å². The van der Waals surface area contributed by atoms with E-state index in [1.54, 1.807) is 7.11 Å². The molecule has 0 atom stereocenters. The maximum absolute atomic E-state index is 12.3. The third-order valence-electron chi connectivity index (χ3n) is 4.10. The van der Waals surface area contributed by atoms with Gasteiger partial charge in [-0.3, -0.25) is 0 Å². The molecule has 0 unspecified atom stereocenters. The number of anilines is 2. The summed E-state index contributed by atoms with van der Waals surface area (Å²) < 4.78 is 6.18. The van der Waals surface area contributed by atoms with Gasteiger partial charge in [-0.25, -0.2) is 4.79 Å². The van der Waals surface area contributed by atoms with Crippen LogP contribution in [0.25, 0.3) is 0 Å². The second kappa shape index (κ2) is 7.57. The number of halogens is 1. The van der Waals surface area contributed by atoms with Gasteiger partial charge in [-0.2, -0.15) is 0 Å². The molecule has 1 saturated heterocycles. The second-order valence-corrected chi connectivity index (χ2v) is 6.52. The average Bonchev–Trinajstić information content (AvgIpc) is 2.64. The van der Waals surface area contributed by atoms with E-state index in [9.17, 15) is 4.79 Å².